The minimum Gasteiger partial charge on any atom is -0.378 e. The van der Waals surface area contributed by atoms with Crippen molar-refractivity contribution in [1.29, 1.82) is 0 Å². The van der Waals surface area contributed by atoms with E-state index in [0.29, 0.717) is 11.5 Å². The molecule has 2 atom stereocenters. The molecule has 2 rings (SSSR count). The van der Waals surface area contributed by atoms with Gasteiger partial charge in [-0.25, -0.2) is 0 Å². The Kier molecular flexibility index (Phi) is 15.3. The van der Waals surface area contributed by atoms with Crippen LogP contribution < -0.4 is 0 Å². The van der Waals surface area contributed by atoms with Crippen LogP contribution in [0.15, 0.2) is 0 Å². The Morgan fingerprint density at radius 2 is 1.27 bits per heavy atom. The quantitative estimate of drug-likeness (QED) is 0.167. The fourth-order valence-corrected chi connectivity index (χ4v) is 6.48. The third kappa shape index (κ3) is 11.5. The molecule has 2 heteroatoms. The Morgan fingerprint density at radius 1 is 0.697 bits per heavy atom. The van der Waals surface area contributed by atoms with E-state index in [-0.39, 0.29) is 0 Å². The predicted octanol–water partition coefficient (Wildman–Crippen LogP) is 9.41. The Bertz CT molecular complexity index is 448. The molecular formula is C31H61NO. The first-order chi connectivity index (χ1) is 16.1. The maximum atomic E-state index is 6.43. The zero-order chi connectivity index (χ0) is 23.8. The molecule has 196 valence electrons. The summed E-state index contributed by atoms with van der Waals surface area (Å²) in [5.41, 5.74) is 0.645. The van der Waals surface area contributed by atoms with Gasteiger partial charge in [0.15, 0.2) is 0 Å². The van der Waals surface area contributed by atoms with Gasteiger partial charge in [-0.3, -0.25) is 0 Å². The number of rotatable bonds is 20. The molecular weight excluding hydrogens is 402 g/mol. The maximum Gasteiger partial charge on any atom is 0.0585 e. The van der Waals surface area contributed by atoms with E-state index in [1.54, 1.807) is 0 Å². The summed E-state index contributed by atoms with van der Waals surface area (Å²) in [6, 6.07) is 0. The van der Waals surface area contributed by atoms with Crippen molar-refractivity contribution in [3.63, 3.8) is 0 Å². The van der Waals surface area contributed by atoms with Gasteiger partial charge >= 0.3 is 0 Å². The normalized spacial score (nSPS) is 20.7. The molecule has 0 aromatic heterocycles. The van der Waals surface area contributed by atoms with E-state index < -0.39 is 0 Å². The number of hydrogen-bond acceptors (Lipinski definition) is 2. The van der Waals surface area contributed by atoms with Gasteiger partial charge in [-0.15, -0.1) is 0 Å². The molecule has 0 aromatic carbocycles. The van der Waals surface area contributed by atoms with Gasteiger partial charge in [0, 0.05) is 13.2 Å². The minimum atomic E-state index is 0.574. The molecule has 0 amide bonds. The van der Waals surface area contributed by atoms with Gasteiger partial charge in [-0.2, -0.15) is 0 Å². The van der Waals surface area contributed by atoms with E-state index in [1.165, 1.54) is 142 Å². The molecule has 1 saturated heterocycles. The van der Waals surface area contributed by atoms with Crippen LogP contribution in [0.3, 0.4) is 0 Å². The second-order valence-corrected chi connectivity index (χ2v) is 12.0. The zero-order valence-corrected chi connectivity index (χ0v) is 23.4. The second kappa shape index (κ2) is 17.4. The van der Waals surface area contributed by atoms with Crippen molar-refractivity contribution in [3.8, 4) is 0 Å². The van der Waals surface area contributed by atoms with Crippen LogP contribution in [0, 0.1) is 17.3 Å². The summed E-state index contributed by atoms with van der Waals surface area (Å²) in [5, 5.41) is 0. The molecule has 33 heavy (non-hydrogen) atoms. The summed E-state index contributed by atoms with van der Waals surface area (Å²) >= 11 is 0. The average molecular weight is 464 g/mol. The molecule has 1 heterocycles. The number of unbranched alkanes of at least 4 members (excludes halogenated alkanes) is 7. The van der Waals surface area contributed by atoms with Crippen molar-refractivity contribution in [3.05, 3.63) is 0 Å². The summed E-state index contributed by atoms with van der Waals surface area (Å²) < 4.78 is 6.43. The van der Waals surface area contributed by atoms with Crippen LogP contribution in [0.5, 0.6) is 0 Å². The van der Waals surface area contributed by atoms with E-state index in [4.69, 9.17) is 4.74 Å². The monoisotopic (exact) mass is 463 g/mol. The highest BCUT2D eigenvalue weighted by Gasteiger charge is 2.46. The van der Waals surface area contributed by atoms with Crippen LogP contribution in [0.2, 0.25) is 0 Å². The molecule has 0 radical (unpaired) electrons. The lowest BCUT2D eigenvalue weighted by molar-refractivity contribution is -0.108. The summed E-state index contributed by atoms with van der Waals surface area (Å²) in [6.07, 6.45) is 27.1. The van der Waals surface area contributed by atoms with Gasteiger partial charge in [0.1, 0.15) is 0 Å². The van der Waals surface area contributed by atoms with Crippen LogP contribution in [0.4, 0.5) is 0 Å². The third-order valence-electron chi connectivity index (χ3n) is 9.11. The van der Waals surface area contributed by atoms with E-state index in [1.807, 2.05) is 0 Å². The van der Waals surface area contributed by atoms with E-state index in [2.05, 4.69) is 32.6 Å². The number of nitrogens with zero attached hydrogens (tertiary/aromatic N) is 1. The SMILES string of the molecule is CCCCCCCC(CCCCC)CCOC1CC2(CCN(CC(CC)CCCC)CC2)C1. The van der Waals surface area contributed by atoms with Crippen molar-refractivity contribution in [2.75, 3.05) is 26.2 Å². The first-order valence-corrected chi connectivity index (χ1v) is 15.5. The highest BCUT2D eigenvalue weighted by molar-refractivity contribution is 4.98. The first-order valence-electron chi connectivity index (χ1n) is 15.5. The Hall–Kier alpha value is -0.0800. The fraction of sp³-hybridized carbons (Fsp3) is 1.00. The van der Waals surface area contributed by atoms with Crippen LogP contribution in [-0.2, 0) is 4.74 Å². The summed E-state index contributed by atoms with van der Waals surface area (Å²) in [6.45, 7) is 14.4. The van der Waals surface area contributed by atoms with Crippen LogP contribution in [0.1, 0.15) is 150 Å². The first kappa shape index (κ1) is 29.2. The lowest BCUT2D eigenvalue weighted by Crippen LogP contribution is -2.50. The molecule has 1 aliphatic heterocycles. The van der Waals surface area contributed by atoms with Gasteiger partial charge in [-0.05, 0) is 68.9 Å². The van der Waals surface area contributed by atoms with Crippen LogP contribution in [-0.4, -0.2) is 37.2 Å². The van der Waals surface area contributed by atoms with Crippen LogP contribution >= 0.6 is 0 Å². The molecule has 1 spiro atoms. The lowest BCUT2D eigenvalue weighted by atomic mass is 9.61. The number of piperidine rings is 1. The largest absolute Gasteiger partial charge is 0.378 e. The molecule has 2 nitrogen and oxygen atoms in total. The van der Waals surface area contributed by atoms with Crippen molar-refractivity contribution >= 4 is 0 Å². The Balaban J connectivity index is 1.59. The minimum absolute atomic E-state index is 0.574. The zero-order valence-electron chi connectivity index (χ0n) is 23.4. The predicted molar refractivity (Wildman–Crippen MR) is 146 cm³/mol. The van der Waals surface area contributed by atoms with E-state index >= 15 is 0 Å². The van der Waals surface area contributed by atoms with Crippen LogP contribution in [0.25, 0.3) is 0 Å². The standard InChI is InChI=1S/C31H61NO/c1-5-9-12-13-15-18-29(17-14-10-6-2)19-24-33-30-25-31(26-30)20-22-32(23-21-31)27-28(8-4)16-11-7-3/h28-30H,5-27H2,1-4H3. The molecule has 2 fully saturated rings. The van der Waals surface area contributed by atoms with Crippen molar-refractivity contribution in [1.82, 2.24) is 4.90 Å². The molecule has 1 saturated carbocycles. The fourth-order valence-electron chi connectivity index (χ4n) is 6.48. The van der Waals surface area contributed by atoms with Crippen molar-refractivity contribution in [2.45, 2.75) is 156 Å². The molecule has 0 aromatic rings. The Morgan fingerprint density at radius 3 is 1.91 bits per heavy atom. The van der Waals surface area contributed by atoms with Gasteiger partial charge in [-0.1, -0.05) is 111 Å². The summed E-state index contributed by atoms with van der Waals surface area (Å²) in [7, 11) is 0. The number of hydrogen-bond donors (Lipinski definition) is 0. The topological polar surface area (TPSA) is 12.5 Å². The van der Waals surface area contributed by atoms with Gasteiger partial charge < -0.3 is 9.64 Å². The molecule has 0 N–H and O–H groups in total. The molecule has 2 unspecified atom stereocenters. The van der Waals surface area contributed by atoms with Gasteiger partial charge in [0.25, 0.3) is 0 Å². The van der Waals surface area contributed by atoms with Crippen molar-refractivity contribution in [2.24, 2.45) is 17.3 Å². The lowest BCUT2D eigenvalue weighted by Gasteiger charge is -2.52. The van der Waals surface area contributed by atoms with Gasteiger partial charge in [0.05, 0.1) is 6.10 Å². The Labute approximate surface area is 209 Å². The number of ether oxygens (including phenoxy) is 1. The molecule has 0 bridgehead atoms. The van der Waals surface area contributed by atoms with Gasteiger partial charge in [0.2, 0.25) is 0 Å². The average Bonchev–Trinajstić information content (AvgIpc) is 2.81. The molecule has 1 aliphatic carbocycles. The third-order valence-corrected chi connectivity index (χ3v) is 9.11. The summed E-state index contributed by atoms with van der Waals surface area (Å²) in [4.78, 5) is 2.78. The highest BCUT2D eigenvalue weighted by Crippen LogP contribution is 2.50. The highest BCUT2D eigenvalue weighted by atomic mass is 16.5. The van der Waals surface area contributed by atoms with E-state index in [0.717, 1.165) is 18.4 Å². The summed E-state index contributed by atoms with van der Waals surface area (Å²) in [5.74, 6) is 1.84. The number of likely N-dealkylation sites (tertiary alicyclic amines) is 1. The smallest absolute Gasteiger partial charge is 0.0585 e. The van der Waals surface area contributed by atoms with Crippen molar-refractivity contribution < 1.29 is 4.74 Å². The maximum absolute atomic E-state index is 6.43. The molecule has 2 aliphatic rings. The second-order valence-electron chi connectivity index (χ2n) is 12.0. The van der Waals surface area contributed by atoms with E-state index in [9.17, 15) is 0 Å².